The maximum Gasteiger partial charge on any atom is 0.328 e. The summed E-state index contributed by atoms with van der Waals surface area (Å²) in [4.78, 5) is 47.4. The highest BCUT2D eigenvalue weighted by Gasteiger charge is 2.19. The smallest absolute Gasteiger partial charge is 0.328 e. The van der Waals surface area contributed by atoms with Crippen LogP contribution in [-0.2, 0) is 23.9 Å². The van der Waals surface area contributed by atoms with Crippen LogP contribution < -0.4 is 10.6 Å². The van der Waals surface area contributed by atoms with Crippen molar-refractivity contribution in [3.8, 4) is 0 Å². The molecule has 0 rings (SSSR count). The maximum absolute atomic E-state index is 12.7. The number of allylic oxidation sites excluding steroid dienone is 4. The Morgan fingerprint density at radius 1 is 0.569 bits per heavy atom. The number of aliphatic hydroxyl groups excluding tert-OH is 1. The Kier molecular flexibility index (Phi) is 35.1. The summed E-state index contributed by atoms with van der Waals surface area (Å²) in [6.07, 6.45) is 39.2. The lowest BCUT2D eigenvalue weighted by Gasteiger charge is -2.18. The fraction of sp³-hybridized carbons (Fsp3) is 0.810. The molecule has 0 aliphatic heterocycles. The number of carboxylic acids is 1. The summed E-state index contributed by atoms with van der Waals surface area (Å²) in [5.74, 6) is -2.32. The molecule has 0 aliphatic carbocycles. The molecule has 2 atom stereocenters. The van der Waals surface area contributed by atoms with Crippen molar-refractivity contribution in [2.45, 2.75) is 206 Å². The fourth-order valence-corrected chi connectivity index (χ4v) is 5.95. The molecular weight excluding hydrogens is 644 g/mol. The lowest BCUT2D eigenvalue weighted by atomic mass is 10.0. The first-order valence-corrected chi connectivity index (χ1v) is 20.7. The monoisotopic (exact) mass is 721 g/mol. The van der Waals surface area contributed by atoms with Crippen LogP contribution in [0.2, 0.25) is 0 Å². The highest BCUT2D eigenvalue weighted by Crippen LogP contribution is 2.18. The molecule has 2 unspecified atom stereocenters. The van der Waals surface area contributed by atoms with Crippen LogP contribution in [0, 0.1) is 0 Å². The van der Waals surface area contributed by atoms with Gasteiger partial charge in [0.05, 0.1) is 13.2 Å². The number of unbranched alkanes of at least 4 members (excludes halogenated alkanes) is 19. The van der Waals surface area contributed by atoms with Crippen LogP contribution in [0.1, 0.15) is 194 Å². The number of nitrogens with one attached hydrogen (secondary N) is 2. The Hall–Kier alpha value is -2.68. The summed E-state index contributed by atoms with van der Waals surface area (Å²) in [6.45, 7) is 3.42. The number of amides is 2. The molecule has 9 heteroatoms. The molecule has 0 aromatic heterocycles. The van der Waals surface area contributed by atoms with E-state index >= 15 is 0 Å². The molecule has 0 heterocycles. The molecule has 2 amide bonds. The second kappa shape index (κ2) is 37.1. The minimum atomic E-state index is -1.38. The van der Waals surface area contributed by atoms with E-state index in [1.54, 1.807) is 0 Å². The van der Waals surface area contributed by atoms with Gasteiger partial charge in [0, 0.05) is 12.8 Å². The van der Waals surface area contributed by atoms with Gasteiger partial charge in [0.25, 0.3) is 0 Å². The van der Waals surface area contributed by atoms with Crippen molar-refractivity contribution in [2.75, 3.05) is 13.2 Å². The van der Waals surface area contributed by atoms with Crippen LogP contribution in [-0.4, -0.2) is 59.3 Å². The van der Waals surface area contributed by atoms with Crippen LogP contribution >= 0.6 is 0 Å². The number of hydrogen-bond acceptors (Lipinski definition) is 6. The van der Waals surface area contributed by atoms with E-state index in [-0.39, 0.29) is 24.5 Å². The number of aliphatic hydroxyl groups is 1. The van der Waals surface area contributed by atoms with Crippen LogP contribution in [0.25, 0.3) is 0 Å². The number of ether oxygens (including phenoxy) is 1. The summed E-state index contributed by atoms with van der Waals surface area (Å²) in [5.41, 5.74) is 0. The third-order valence-electron chi connectivity index (χ3n) is 9.15. The molecule has 0 fully saturated rings. The third-order valence-corrected chi connectivity index (χ3v) is 9.15. The van der Waals surface area contributed by atoms with Crippen molar-refractivity contribution in [3.63, 3.8) is 0 Å². The van der Waals surface area contributed by atoms with Crippen molar-refractivity contribution in [1.82, 2.24) is 10.6 Å². The highest BCUT2D eigenvalue weighted by atomic mass is 16.5. The number of esters is 1. The van der Waals surface area contributed by atoms with Crippen molar-refractivity contribution in [2.24, 2.45) is 0 Å². The topological polar surface area (TPSA) is 142 Å². The van der Waals surface area contributed by atoms with Gasteiger partial charge in [-0.1, -0.05) is 128 Å². The Labute approximate surface area is 311 Å². The second-order valence-corrected chi connectivity index (χ2v) is 14.1. The van der Waals surface area contributed by atoms with E-state index in [9.17, 15) is 19.2 Å². The summed E-state index contributed by atoms with van der Waals surface area (Å²) in [5, 5.41) is 22.5. The quantitative estimate of drug-likeness (QED) is 0.0284. The molecular formula is C42H76N2O7. The first kappa shape index (κ1) is 48.3. The second-order valence-electron chi connectivity index (χ2n) is 14.1. The Bertz CT molecular complexity index is 921. The summed E-state index contributed by atoms with van der Waals surface area (Å²) in [6, 6.07) is -1.38. The molecule has 9 nitrogen and oxygen atoms in total. The van der Waals surface area contributed by atoms with Crippen molar-refractivity contribution >= 4 is 23.8 Å². The van der Waals surface area contributed by atoms with Crippen LogP contribution in [0.3, 0.4) is 0 Å². The summed E-state index contributed by atoms with van der Waals surface area (Å²) in [7, 11) is 0. The number of carbonyl (C=O) groups excluding carboxylic acids is 3. The Morgan fingerprint density at radius 2 is 1.06 bits per heavy atom. The fourth-order valence-electron chi connectivity index (χ4n) is 5.95. The zero-order valence-corrected chi connectivity index (χ0v) is 32.6. The predicted molar refractivity (Wildman–Crippen MR) is 208 cm³/mol. The molecule has 0 radical (unpaired) electrons. The van der Waals surface area contributed by atoms with Gasteiger partial charge in [-0.05, 0) is 77.0 Å². The number of carboxylic acid groups (broad SMARTS) is 1. The molecule has 0 aromatic carbocycles. The average Bonchev–Trinajstić information content (AvgIpc) is 3.11. The van der Waals surface area contributed by atoms with Gasteiger partial charge < -0.3 is 25.6 Å². The van der Waals surface area contributed by atoms with Gasteiger partial charge in [-0.15, -0.1) is 0 Å². The SMILES string of the molecule is CCC/C=C\CCCCCCCC(=O)OC(CCC/C=C\CCCCCCCCCC)CCCCCCCC(=O)NCC(=O)NC(CO)C(=O)O. The highest BCUT2D eigenvalue weighted by molar-refractivity contribution is 5.87. The molecule has 0 saturated heterocycles. The van der Waals surface area contributed by atoms with Crippen molar-refractivity contribution < 1.29 is 34.1 Å². The van der Waals surface area contributed by atoms with E-state index in [1.807, 2.05) is 0 Å². The van der Waals surface area contributed by atoms with E-state index in [1.165, 1.54) is 77.0 Å². The van der Waals surface area contributed by atoms with Crippen LogP contribution in [0.15, 0.2) is 24.3 Å². The molecule has 0 saturated carbocycles. The van der Waals surface area contributed by atoms with Gasteiger partial charge in [0.1, 0.15) is 12.1 Å². The molecule has 0 aliphatic rings. The third kappa shape index (κ3) is 34.2. The predicted octanol–water partition coefficient (Wildman–Crippen LogP) is 9.65. The Morgan fingerprint density at radius 3 is 1.63 bits per heavy atom. The molecule has 4 N–H and O–H groups in total. The van der Waals surface area contributed by atoms with Crippen LogP contribution in [0.4, 0.5) is 0 Å². The van der Waals surface area contributed by atoms with E-state index in [0.29, 0.717) is 19.3 Å². The first-order valence-electron chi connectivity index (χ1n) is 20.7. The minimum Gasteiger partial charge on any atom is -0.480 e. The number of aliphatic carboxylic acids is 1. The van der Waals surface area contributed by atoms with Gasteiger partial charge in [0.15, 0.2) is 0 Å². The molecule has 296 valence electrons. The zero-order chi connectivity index (χ0) is 37.6. The van der Waals surface area contributed by atoms with Gasteiger partial charge in [-0.2, -0.15) is 0 Å². The lowest BCUT2D eigenvalue weighted by molar-refractivity contribution is -0.150. The maximum atomic E-state index is 12.7. The number of hydrogen-bond donors (Lipinski definition) is 4. The van der Waals surface area contributed by atoms with E-state index in [0.717, 1.165) is 83.5 Å². The van der Waals surface area contributed by atoms with E-state index < -0.39 is 24.5 Å². The number of carbonyl (C=O) groups is 4. The summed E-state index contributed by atoms with van der Waals surface area (Å²) < 4.78 is 5.99. The van der Waals surface area contributed by atoms with Gasteiger partial charge in [-0.25, -0.2) is 4.79 Å². The van der Waals surface area contributed by atoms with E-state index in [2.05, 4.69) is 48.8 Å². The largest absolute Gasteiger partial charge is 0.480 e. The molecule has 0 spiro atoms. The molecule has 0 aromatic rings. The van der Waals surface area contributed by atoms with Crippen molar-refractivity contribution in [3.05, 3.63) is 24.3 Å². The van der Waals surface area contributed by atoms with E-state index in [4.69, 9.17) is 14.9 Å². The average molecular weight is 721 g/mol. The minimum absolute atomic E-state index is 0.0444. The van der Waals surface area contributed by atoms with Gasteiger partial charge in [0.2, 0.25) is 11.8 Å². The van der Waals surface area contributed by atoms with Gasteiger partial charge >= 0.3 is 11.9 Å². The lowest BCUT2D eigenvalue weighted by Crippen LogP contribution is -2.47. The van der Waals surface area contributed by atoms with Gasteiger partial charge in [-0.3, -0.25) is 14.4 Å². The normalized spacial score (nSPS) is 12.7. The molecule has 51 heavy (non-hydrogen) atoms. The van der Waals surface area contributed by atoms with Crippen LogP contribution in [0.5, 0.6) is 0 Å². The molecule has 0 bridgehead atoms. The first-order chi connectivity index (χ1) is 24.8. The Balaban J connectivity index is 4.35. The summed E-state index contributed by atoms with van der Waals surface area (Å²) >= 11 is 0. The zero-order valence-electron chi connectivity index (χ0n) is 32.6. The number of rotatable bonds is 37. The standard InChI is InChI=1S/C42H76N2O7/c1-3-5-7-9-11-13-15-16-17-18-20-23-27-31-37(51-41(48)34-30-26-21-19-14-12-10-8-6-4-2)32-28-24-22-25-29-33-39(46)43-35-40(47)44-38(36-45)42(49)50/h8,10,18,20,37-38,45H,3-7,9,11-17,19,21-36H2,1-2H3,(H,43,46)(H,44,47)(H,49,50)/b10-8-,20-18-. The van der Waals surface area contributed by atoms with Crippen molar-refractivity contribution in [1.29, 1.82) is 0 Å².